The summed E-state index contributed by atoms with van der Waals surface area (Å²) in [5, 5.41) is 18.8. The Hall–Kier alpha value is -1.73. The average molecular weight is 323 g/mol. The van der Waals surface area contributed by atoms with E-state index < -0.39 is 5.60 Å². The number of carbonyl (C=O) groups excluding carboxylic acids is 1. The summed E-state index contributed by atoms with van der Waals surface area (Å²) >= 11 is 1.46. The van der Waals surface area contributed by atoms with E-state index in [0.29, 0.717) is 18.1 Å². The lowest BCUT2D eigenvalue weighted by molar-refractivity contribution is -0.122. The van der Waals surface area contributed by atoms with Crippen molar-refractivity contribution in [3.05, 3.63) is 34.1 Å². The summed E-state index contributed by atoms with van der Waals surface area (Å²) in [6.45, 7) is 5.82. The molecule has 2 rings (SSSR count). The van der Waals surface area contributed by atoms with Crippen molar-refractivity contribution >= 4 is 17.2 Å². The highest BCUT2D eigenvalue weighted by Gasteiger charge is 2.24. The molecule has 0 saturated heterocycles. The van der Waals surface area contributed by atoms with Crippen LogP contribution in [0.1, 0.15) is 49.7 Å². The highest BCUT2D eigenvalue weighted by molar-refractivity contribution is 7.10. The molecule has 2 heterocycles. The minimum atomic E-state index is -1.06. The zero-order valence-electron chi connectivity index (χ0n) is 13.0. The zero-order chi connectivity index (χ0) is 16.2. The fraction of sp³-hybridized carbons (Fsp3) is 0.533. The van der Waals surface area contributed by atoms with Crippen LogP contribution in [0.5, 0.6) is 0 Å². The van der Waals surface area contributed by atoms with Crippen LogP contribution in [-0.4, -0.2) is 27.7 Å². The van der Waals surface area contributed by atoms with Crippen molar-refractivity contribution in [3.63, 3.8) is 0 Å². The molecule has 1 amide bonds. The highest BCUT2D eigenvalue weighted by Crippen LogP contribution is 2.24. The Morgan fingerprint density at radius 2 is 2.32 bits per heavy atom. The SMILES string of the molecule is CC(C)c1noc(CCC(=O)NCC(C)(O)c2cccs2)n1. The molecule has 2 aromatic rings. The molecule has 2 N–H and O–H groups in total. The predicted octanol–water partition coefficient (Wildman–Crippen LogP) is 2.21. The normalized spacial score (nSPS) is 14.0. The average Bonchev–Trinajstić information content (AvgIpc) is 3.13. The maximum atomic E-state index is 11.9. The lowest BCUT2D eigenvalue weighted by atomic mass is 10.1. The molecule has 0 aliphatic heterocycles. The van der Waals surface area contributed by atoms with Gasteiger partial charge >= 0.3 is 0 Å². The van der Waals surface area contributed by atoms with Crippen LogP contribution in [0.4, 0.5) is 0 Å². The van der Waals surface area contributed by atoms with Crippen LogP contribution < -0.4 is 5.32 Å². The summed E-state index contributed by atoms with van der Waals surface area (Å²) in [6, 6.07) is 3.72. The molecular formula is C15H21N3O3S. The first kappa shape index (κ1) is 16.6. The summed E-state index contributed by atoms with van der Waals surface area (Å²) in [4.78, 5) is 16.9. The van der Waals surface area contributed by atoms with Gasteiger partial charge in [-0.2, -0.15) is 4.98 Å². The van der Waals surface area contributed by atoms with Crippen molar-refractivity contribution in [1.82, 2.24) is 15.5 Å². The molecule has 1 unspecified atom stereocenters. The first-order valence-electron chi connectivity index (χ1n) is 7.24. The number of thiophene rings is 1. The van der Waals surface area contributed by atoms with Gasteiger partial charge in [0.25, 0.3) is 0 Å². The van der Waals surface area contributed by atoms with Gasteiger partial charge in [-0.05, 0) is 18.4 Å². The lowest BCUT2D eigenvalue weighted by Crippen LogP contribution is -2.38. The maximum Gasteiger partial charge on any atom is 0.227 e. The molecule has 0 radical (unpaired) electrons. The zero-order valence-corrected chi connectivity index (χ0v) is 13.8. The molecule has 0 aliphatic rings. The number of hydrogen-bond donors (Lipinski definition) is 2. The summed E-state index contributed by atoms with van der Waals surface area (Å²) in [7, 11) is 0. The third-order valence-corrected chi connectivity index (χ3v) is 4.37. The van der Waals surface area contributed by atoms with Crippen LogP contribution in [-0.2, 0) is 16.8 Å². The number of carbonyl (C=O) groups is 1. The third-order valence-electron chi connectivity index (χ3n) is 3.25. The van der Waals surface area contributed by atoms with Crippen molar-refractivity contribution < 1.29 is 14.4 Å². The monoisotopic (exact) mass is 323 g/mol. The van der Waals surface area contributed by atoms with Crippen molar-refractivity contribution in [3.8, 4) is 0 Å². The van der Waals surface area contributed by atoms with E-state index in [9.17, 15) is 9.90 Å². The fourth-order valence-corrected chi connectivity index (χ4v) is 2.64. The second kappa shape index (κ2) is 7.02. The molecule has 22 heavy (non-hydrogen) atoms. The van der Waals surface area contributed by atoms with Gasteiger partial charge in [0.1, 0.15) is 5.60 Å². The number of aryl methyl sites for hydroxylation is 1. The van der Waals surface area contributed by atoms with E-state index in [1.165, 1.54) is 11.3 Å². The van der Waals surface area contributed by atoms with Crippen LogP contribution >= 0.6 is 11.3 Å². The van der Waals surface area contributed by atoms with Crippen molar-refractivity contribution in [1.29, 1.82) is 0 Å². The van der Waals surface area contributed by atoms with E-state index in [0.717, 1.165) is 4.88 Å². The van der Waals surface area contributed by atoms with Gasteiger partial charge in [-0.1, -0.05) is 25.1 Å². The molecule has 0 bridgehead atoms. The Labute approximate surface area is 133 Å². The number of rotatable bonds is 7. The van der Waals surface area contributed by atoms with E-state index in [1.54, 1.807) is 6.92 Å². The Morgan fingerprint density at radius 3 is 2.91 bits per heavy atom. The largest absolute Gasteiger partial charge is 0.383 e. The summed E-state index contributed by atoms with van der Waals surface area (Å²) in [5.74, 6) is 1.16. The quantitative estimate of drug-likeness (QED) is 0.815. The van der Waals surface area contributed by atoms with Crippen molar-refractivity contribution in [2.24, 2.45) is 0 Å². The molecule has 120 valence electrons. The smallest absolute Gasteiger partial charge is 0.227 e. The Balaban J connectivity index is 1.78. The first-order chi connectivity index (χ1) is 10.4. The first-order valence-corrected chi connectivity index (χ1v) is 8.12. The number of amides is 1. The topological polar surface area (TPSA) is 88.2 Å². The molecule has 7 heteroatoms. The molecule has 0 spiro atoms. The standard InChI is InChI=1S/C15H21N3O3S/c1-10(2)14-17-13(21-18-14)7-6-12(19)16-9-15(3,20)11-5-4-8-22-11/h4-5,8,10,20H,6-7,9H2,1-3H3,(H,16,19). The Morgan fingerprint density at radius 1 is 1.55 bits per heavy atom. The highest BCUT2D eigenvalue weighted by atomic mass is 32.1. The van der Waals surface area contributed by atoms with E-state index in [1.807, 2.05) is 31.4 Å². The van der Waals surface area contributed by atoms with Crippen molar-refractivity contribution in [2.45, 2.75) is 45.1 Å². The Bertz CT molecular complexity index is 605. The van der Waals surface area contributed by atoms with Gasteiger partial charge in [-0.25, -0.2) is 0 Å². The summed E-state index contributed by atoms with van der Waals surface area (Å²) in [6.07, 6.45) is 0.646. The number of aromatic nitrogens is 2. The van der Waals surface area contributed by atoms with Crippen LogP contribution in [0, 0.1) is 0 Å². The fourth-order valence-electron chi connectivity index (χ4n) is 1.86. The molecule has 0 aromatic carbocycles. The molecule has 0 aliphatic carbocycles. The molecule has 6 nitrogen and oxygen atoms in total. The second-order valence-electron chi connectivity index (χ2n) is 5.73. The van der Waals surface area contributed by atoms with Gasteiger partial charge in [-0.3, -0.25) is 4.79 Å². The molecular weight excluding hydrogens is 302 g/mol. The van der Waals surface area contributed by atoms with Gasteiger partial charge in [0, 0.05) is 23.6 Å². The summed E-state index contributed by atoms with van der Waals surface area (Å²) < 4.78 is 5.09. The molecule has 0 fully saturated rings. The van der Waals surface area contributed by atoms with Gasteiger partial charge in [0.2, 0.25) is 11.8 Å². The van der Waals surface area contributed by atoms with Gasteiger partial charge in [0.05, 0.1) is 6.54 Å². The van der Waals surface area contributed by atoms with E-state index in [-0.39, 0.29) is 24.8 Å². The number of nitrogens with zero attached hydrogens (tertiary/aromatic N) is 2. The van der Waals surface area contributed by atoms with Crippen LogP contribution in [0.25, 0.3) is 0 Å². The third kappa shape index (κ3) is 4.38. The van der Waals surface area contributed by atoms with E-state index in [4.69, 9.17) is 4.52 Å². The predicted molar refractivity (Wildman–Crippen MR) is 83.6 cm³/mol. The van der Waals surface area contributed by atoms with Crippen LogP contribution in [0.2, 0.25) is 0 Å². The second-order valence-corrected chi connectivity index (χ2v) is 6.68. The van der Waals surface area contributed by atoms with Gasteiger partial charge in [0.15, 0.2) is 5.82 Å². The van der Waals surface area contributed by atoms with E-state index >= 15 is 0 Å². The van der Waals surface area contributed by atoms with Crippen molar-refractivity contribution in [2.75, 3.05) is 6.54 Å². The molecule has 2 aromatic heterocycles. The Kier molecular flexibility index (Phi) is 5.31. The van der Waals surface area contributed by atoms with E-state index in [2.05, 4.69) is 15.5 Å². The van der Waals surface area contributed by atoms with Crippen LogP contribution in [0.15, 0.2) is 22.0 Å². The number of hydrogen-bond acceptors (Lipinski definition) is 6. The van der Waals surface area contributed by atoms with Gasteiger partial charge < -0.3 is 14.9 Å². The molecule has 1 atom stereocenters. The summed E-state index contributed by atoms with van der Waals surface area (Å²) in [5.41, 5.74) is -1.06. The lowest BCUT2D eigenvalue weighted by Gasteiger charge is -2.22. The number of nitrogens with one attached hydrogen (secondary N) is 1. The number of aliphatic hydroxyl groups is 1. The van der Waals surface area contributed by atoms with Crippen LogP contribution in [0.3, 0.4) is 0 Å². The molecule has 0 saturated carbocycles. The minimum Gasteiger partial charge on any atom is -0.383 e. The van der Waals surface area contributed by atoms with Gasteiger partial charge in [-0.15, -0.1) is 11.3 Å². The minimum absolute atomic E-state index is 0.152. The maximum absolute atomic E-state index is 11.9.